The lowest BCUT2D eigenvalue weighted by Crippen LogP contribution is -2.32. The third kappa shape index (κ3) is 4.66. The number of nitriles is 1. The SMILES string of the molecule is CCOc1cc(-n2cc3c(n2)CN(C(=O)c2cc(C#N)ccc2O[C@@H](C)C(F)(F)F)C3)ccn1. The first-order chi connectivity index (χ1) is 16.2. The zero-order chi connectivity index (χ0) is 24.5. The number of carbonyl (C=O) groups excluding carboxylic acids is 1. The normalized spacial score (nSPS) is 13.8. The predicted octanol–water partition coefficient (Wildman–Crippen LogP) is 4.02. The molecule has 1 amide bonds. The Hall–Kier alpha value is -4.07. The molecular formula is C23H20F3N5O3. The minimum Gasteiger partial charge on any atom is -0.480 e. The standard InChI is InChI=1S/C23H20F3N5O3/c1-3-33-21-9-17(6-7-28-21)31-12-16-11-30(13-19(16)29-31)22(32)18-8-15(10-27)4-5-20(18)34-14(2)23(24,25)26/h4-9,12,14H,3,11,13H2,1-2H3/t14-/m0/s1. The van der Waals surface area contributed by atoms with Gasteiger partial charge in [0.15, 0.2) is 6.10 Å². The average Bonchev–Trinajstić information content (AvgIpc) is 3.38. The number of hydrogen-bond donors (Lipinski definition) is 0. The third-order valence-electron chi connectivity index (χ3n) is 5.25. The monoisotopic (exact) mass is 471 g/mol. The van der Waals surface area contributed by atoms with Gasteiger partial charge in [0.2, 0.25) is 5.88 Å². The first-order valence-corrected chi connectivity index (χ1v) is 10.4. The molecule has 1 aromatic carbocycles. The number of carbonyl (C=O) groups is 1. The lowest BCUT2D eigenvalue weighted by Gasteiger charge is -2.22. The maximum Gasteiger partial charge on any atom is 0.425 e. The van der Waals surface area contributed by atoms with Crippen LogP contribution in [-0.4, -0.2) is 44.5 Å². The van der Waals surface area contributed by atoms with Crippen molar-refractivity contribution in [3.63, 3.8) is 0 Å². The molecule has 0 fully saturated rings. The van der Waals surface area contributed by atoms with Gasteiger partial charge in [-0.25, -0.2) is 9.67 Å². The molecule has 0 radical (unpaired) electrons. The number of nitrogens with zero attached hydrogens (tertiary/aromatic N) is 5. The molecule has 0 saturated carbocycles. The van der Waals surface area contributed by atoms with Crippen molar-refractivity contribution in [1.82, 2.24) is 19.7 Å². The first-order valence-electron chi connectivity index (χ1n) is 10.4. The summed E-state index contributed by atoms with van der Waals surface area (Å²) in [6, 6.07) is 9.17. The maximum atomic E-state index is 13.2. The molecule has 4 rings (SSSR count). The van der Waals surface area contributed by atoms with E-state index in [4.69, 9.17) is 9.47 Å². The third-order valence-corrected chi connectivity index (χ3v) is 5.25. The van der Waals surface area contributed by atoms with Crippen LogP contribution in [0.15, 0.2) is 42.7 Å². The van der Waals surface area contributed by atoms with E-state index in [0.717, 1.165) is 18.2 Å². The molecule has 8 nitrogen and oxygen atoms in total. The van der Waals surface area contributed by atoms with Gasteiger partial charge in [-0.3, -0.25) is 4.79 Å². The van der Waals surface area contributed by atoms with Crippen LogP contribution in [0.3, 0.4) is 0 Å². The van der Waals surface area contributed by atoms with Crippen molar-refractivity contribution in [1.29, 1.82) is 5.26 Å². The fourth-order valence-electron chi connectivity index (χ4n) is 3.49. The van der Waals surface area contributed by atoms with E-state index in [9.17, 15) is 23.2 Å². The number of ether oxygens (including phenoxy) is 2. The van der Waals surface area contributed by atoms with Crippen LogP contribution in [0.25, 0.3) is 5.69 Å². The zero-order valence-electron chi connectivity index (χ0n) is 18.3. The number of alkyl halides is 3. The summed E-state index contributed by atoms with van der Waals surface area (Å²) < 4.78 is 51.1. The van der Waals surface area contributed by atoms with E-state index in [1.54, 1.807) is 29.2 Å². The smallest absolute Gasteiger partial charge is 0.425 e. The van der Waals surface area contributed by atoms with Crippen molar-refractivity contribution in [3.8, 4) is 23.4 Å². The van der Waals surface area contributed by atoms with Gasteiger partial charge in [0, 0.05) is 30.6 Å². The van der Waals surface area contributed by atoms with Gasteiger partial charge in [0.05, 0.1) is 41.7 Å². The van der Waals surface area contributed by atoms with Crippen molar-refractivity contribution >= 4 is 5.91 Å². The minimum absolute atomic E-state index is 0.108. The predicted molar refractivity (Wildman–Crippen MR) is 113 cm³/mol. The summed E-state index contributed by atoms with van der Waals surface area (Å²) in [5, 5.41) is 13.7. The van der Waals surface area contributed by atoms with Crippen LogP contribution >= 0.6 is 0 Å². The Kier molecular flexibility index (Phi) is 6.15. The molecule has 2 aromatic heterocycles. The largest absolute Gasteiger partial charge is 0.480 e. The Labute approximate surface area is 193 Å². The maximum absolute atomic E-state index is 13.2. The van der Waals surface area contributed by atoms with Gasteiger partial charge in [-0.05, 0) is 38.1 Å². The summed E-state index contributed by atoms with van der Waals surface area (Å²) in [5.74, 6) is -0.317. The Morgan fingerprint density at radius 1 is 1.26 bits per heavy atom. The van der Waals surface area contributed by atoms with E-state index >= 15 is 0 Å². The molecule has 176 valence electrons. The van der Waals surface area contributed by atoms with E-state index in [0.29, 0.717) is 18.2 Å². The molecule has 0 unspecified atom stereocenters. The second kappa shape index (κ2) is 9.05. The number of fused-ring (bicyclic) bond motifs is 1. The number of amides is 1. The Morgan fingerprint density at radius 3 is 2.74 bits per heavy atom. The van der Waals surface area contributed by atoms with Crippen LogP contribution in [0, 0.1) is 11.3 Å². The highest BCUT2D eigenvalue weighted by Gasteiger charge is 2.39. The molecule has 1 aliphatic heterocycles. The number of aromatic nitrogens is 3. The van der Waals surface area contributed by atoms with Crippen molar-refractivity contribution in [3.05, 3.63) is 65.1 Å². The highest BCUT2D eigenvalue weighted by atomic mass is 19.4. The van der Waals surface area contributed by atoms with E-state index < -0.39 is 18.2 Å². The van der Waals surface area contributed by atoms with Crippen molar-refractivity contribution < 1.29 is 27.4 Å². The fourth-order valence-corrected chi connectivity index (χ4v) is 3.49. The Morgan fingerprint density at radius 2 is 2.06 bits per heavy atom. The molecule has 0 saturated heterocycles. The van der Waals surface area contributed by atoms with E-state index in [1.807, 2.05) is 13.0 Å². The molecule has 11 heteroatoms. The second-order valence-corrected chi connectivity index (χ2v) is 7.62. The number of pyridine rings is 1. The lowest BCUT2D eigenvalue weighted by atomic mass is 10.1. The highest BCUT2D eigenvalue weighted by Crippen LogP contribution is 2.31. The quantitative estimate of drug-likeness (QED) is 0.539. The van der Waals surface area contributed by atoms with Gasteiger partial charge < -0.3 is 14.4 Å². The van der Waals surface area contributed by atoms with Gasteiger partial charge in [-0.2, -0.15) is 23.5 Å². The van der Waals surface area contributed by atoms with Crippen LogP contribution in [0.5, 0.6) is 11.6 Å². The molecule has 3 aromatic rings. The molecule has 0 bridgehead atoms. The van der Waals surface area contributed by atoms with Crippen LogP contribution in [0.1, 0.15) is 41.0 Å². The van der Waals surface area contributed by atoms with Gasteiger partial charge in [0.1, 0.15) is 5.75 Å². The van der Waals surface area contributed by atoms with Crippen molar-refractivity contribution in [2.45, 2.75) is 39.2 Å². The second-order valence-electron chi connectivity index (χ2n) is 7.62. The molecule has 3 heterocycles. The average molecular weight is 471 g/mol. The van der Waals surface area contributed by atoms with E-state index in [1.165, 1.54) is 23.1 Å². The lowest BCUT2D eigenvalue weighted by molar-refractivity contribution is -0.189. The highest BCUT2D eigenvalue weighted by molar-refractivity contribution is 5.97. The molecule has 1 aliphatic rings. The summed E-state index contributed by atoms with van der Waals surface area (Å²) in [6.07, 6.45) is -3.33. The molecular weight excluding hydrogens is 451 g/mol. The summed E-state index contributed by atoms with van der Waals surface area (Å²) in [5.41, 5.74) is 2.23. The topological polar surface area (TPSA) is 93.3 Å². The van der Waals surface area contributed by atoms with Gasteiger partial charge in [-0.1, -0.05) is 0 Å². The molecule has 0 aliphatic carbocycles. The number of hydrogen-bond acceptors (Lipinski definition) is 6. The van der Waals surface area contributed by atoms with E-state index in [2.05, 4.69) is 10.1 Å². The van der Waals surface area contributed by atoms with Crippen LogP contribution in [0.4, 0.5) is 13.2 Å². The zero-order valence-corrected chi connectivity index (χ0v) is 18.3. The van der Waals surface area contributed by atoms with Gasteiger partial charge >= 0.3 is 6.18 Å². The van der Waals surface area contributed by atoms with Crippen molar-refractivity contribution in [2.75, 3.05) is 6.61 Å². The fraction of sp³-hybridized carbons (Fsp3) is 0.304. The molecule has 0 spiro atoms. The van der Waals surface area contributed by atoms with Crippen LogP contribution in [0.2, 0.25) is 0 Å². The molecule has 1 atom stereocenters. The van der Waals surface area contributed by atoms with E-state index in [-0.39, 0.29) is 30.0 Å². The number of halogens is 3. The number of benzene rings is 1. The first kappa shape index (κ1) is 23.1. The van der Waals surface area contributed by atoms with Crippen LogP contribution < -0.4 is 9.47 Å². The van der Waals surface area contributed by atoms with Gasteiger partial charge in [0.25, 0.3) is 5.91 Å². The Bertz CT molecular complexity index is 1240. The summed E-state index contributed by atoms with van der Waals surface area (Å²) in [4.78, 5) is 18.8. The molecule has 34 heavy (non-hydrogen) atoms. The summed E-state index contributed by atoms with van der Waals surface area (Å²) >= 11 is 0. The minimum atomic E-state index is -4.60. The summed E-state index contributed by atoms with van der Waals surface area (Å²) in [7, 11) is 0. The Balaban J connectivity index is 1.55. The van der Waals surface area contributed by atoms with Crippen molar-refractivity contribution in [2.24, 2.45) is 0 Å². The summed E-state index contributed by atoms with van der Waals surface area (Å²) in [6.45, 7) is 3.56. The number of rotatable bonds is 6. The van der Waals surface area contributed by atoms with Crippen LogP contribution in [-0.2, 0) is 13.1 Å². The molecule has 0 N–H and O–H groups in total. The van der Waals surface area contributed by atoms with Gasteiger partial charge in [-0.15, -0.1) is 0 Å².